The first-order valence-corrected chi connectivity index (χ1v) is 8.09. The van der Waals surface area contributed by atoms with Crippen molar-refractivity contribution in [3.05, 3.63) is 66.0 Å². The Morgan fingerprint density at radius 1 is 0.958 bits per heavy atom. The number of carbonyl (C=O) groups excluding carboxylic acids is 1. The van der Waals surface area contributed by atoms with E-state index in [1.165, 1.54) is 5.56 Å². The molecule has 3 rings (SSSR count). The van der Waals surface area contributed by atoms with Gasteiger partial charge in [-0.15, -0.1) is 0 Å². The Bertz CT molecular complexity index is 896. The second-order valence-corrected chi connectivity index (χ2v) is 7.07. The lowest BCUT2D eigenvalue weighted by atomic mass is 9.87. The first-order chi connectivity index (χ1) is 11.3. The first kappa shape index (κ1) is 16.5. The summed E-state index contributed by atoms with van der Waals surface area (Å²) < 4.78 is 5.92. The molecule has 1 heterocycles. The molecule has 0 spiro atoms. The molecule has 1 aromatic heterocycles. The van der Waals surface area contributed by atoms with E-state index in [2.05, 4.69) is 37.9 Å². The molecular weight excluding hydrogens is 322 g/mol. The van der Waals surface area contributed by atoms with Crippen LogP contribution in [0.5, 0.6) is 11.5 Å². The lowest BCUT2D eigenvalue weighted by molar-refractivity contribution is 0.107. The molecule has 0 aliphatic carbocycles. The van der Waals surface area contributed by atoms with Crippen molar-refractivity contribution < 1.29 is 9.53 Å². The fourth-order valence-electron chi connectivity index (χ4n) is 2.45. The predicted molar refractivity (Wildman–Crippen MR) is 97.1 cm³/mol. The number of hydrogen-bond acceptors (Lipinski definition) is 3. The van der Waals surface area contributed by atoms with Gasteiger partial charge >= 0.3 is 0 Å². The molecule has 0 amide bonds. The fraction of sp³-hybridized carbons (Fsp3) is 0.200. The van der Waals surface area contributed by atoms with Crippen molar-refractivity contribution in [2.45, 2.75) is 26.2 Å². The molecule has 3 aromatic rings. The Morgan fingerprint density at radius 3 is 2.25 bits per heavy atom. The molecule has 0 aliphatic heterocycles. The van der Waals surface area contributed by atoms with Crippen LogP contribution >= 0.6 is 11.6 Å². The van der Waals surface area contributed by atoms with Gasteiger partial charge in [-0.2, -0.15) is 0 Å². The minimum Gasteiger partial charge on any atom is -0.457 e. The van der Waals surface area contributed by atoms with Crippen molar-refractivity contribution in [3.63, 3.8) is 0 Å². The highest BCUT2D eigenvalue weighted by molar-refractivity contribution is 6.67. The third-order valence-corrected chi connectivity index (χ3v) is 4.04. The maximum absolute atomic E-state index is 11.2. The van der Waals surface area contributed by atoms with E-state index in [-0.39, 0.29) is 11.1 Å². The molecule has 0 N–H and O–H groups in total. The number of aromatic nitrogens is 1. The van der Waals surface area contributed by atoms with E-state index in [9.17, 15) is 4.79 Å². The Kier molecular flexibility index (Phi) is 4.29. The van der Waals surface area contributed by atoms with Gasteiger partial charge in [0, 0.05) is 11.6 Å². The van der Waals surface area contributed by atoms with Crippen molar-refractivity contribution in [3.8, 4) is 11.5 Å². The van der Waals surface area contributed by atoms with Crippen LogP contribution in [0.3, 0.4) is 0 Å². The van der Waals surface area contributed by atoms with Crippen LogP contribution in [0.25, 0.3) is 10.8 Å². The zero-order valence-electron chi connectivity index (χ0n) is 13.8. The summed E-state index contributed by atoms with van der Waals surface area (Å²) in [6, 6.07) is 15.4. The number of halogens is 1. The maximum atomic E-state index is 11.2. The Morgan fingerprint density at radius 2 is 1.62 bits per heavy atom. The fourth-order valence-corrected chi connectivity index (χ4v) is 2.55. The lowest BCUT2D eigenvalue weighted by Crippen LogP contribution is -2.10. The van der Waals surface area contributed by atoms with Crippen molar-refractivity contribution in [1.82, 2.24) is 4.98 Å². The highest BCUT2D eigenvalue weighted by Gasteiger charge is 2.13. The van der Waals surface area contributed by atoms with Crippen molar-refractivity contribution in [1.29, 1.82) is 0 Å². The molecule has 0 aliphatic rings. The summed E-state index contributed by atoms with van der Waals surface area (Å²) in [4.78, 5) is 15.3. The van der Waals surface area contributed by atoms with Gasteiger partial charge in [-0.05, 0) is 64.4 Å². The lowest BCUT2D eigenvalue weighted by Gasteiger charge is -2.19. The van der Waals surface area contributed by atoms with Gasteiger partial charge in [0.1, 0.15) is 17.2 Å². The Labute approximate surface area is 146 Å². The van der Waals surface area contributed by atoms with Gasteiger partial charge in [0.05, 0.1) is 0 Å². The summed E-state index contributed by atoms with van der Waals surface area (Å²) in [5, 5.41) is 1.21. The van der Waals surface area contributed by atoms with Gasteiger partial charge in [-0.1, -0.05) is 32.9 Å². The zero-order valence-corrected chi connectivity index (χ0v) is 14.6. The number of pyridine rings is 1. The third kappa shape index (κ3) is 3.57. The van der Waals surface area contributed by atoms with E-state index in [1.807, 2.05) is 30.3 Å². The van der Waals surface area contributed by atoms with Gasteiger partial charge in [-0.25, -0.2) is 0 Å². The van der Waals surface area contributed by atoms with Crippen LogP contribution in [0.4, 0.5) is 0 Å². The van der Waals surface area contributed by atoms with Crippen LogP contribution in [0.1, 0.15) is 36.8 Å². The second kappa shape index (κ2) is 6.25. The molecule has 2 aromatic carbocycles. The molecule has 0 saturated carbocycles. The van der Waals surface area contributed by atoms with Gasteiger partial charge in [0.25, 0.3) is 5.24 Å². The highest BCUT2D eigenvalue weighted by atomic mass is 35.5. The van der Waals surface area contributed by atoms with E-state index in [0.29, 0.717) is 5.75 Å². The smallest absolute Gasteiger partial charge is 0.270 e. The van der Waals surface area contributed by atoms with Crippen LogP contribution in [0, 0.1) is 0 Å². The second-order valence-electron chi connectivity index (χ2n) is 6.73. The van der Waals surface area contributed by atoms with Crippen LogP contribution in [-0.2, 0) is 5.41 Å². The summed E-state index contributed by atoms with van der Waals surface area (Å²) in [7, 11) is 0. The Hall–Kier alpha value is -2.39. The van der Waals surface area contributed by atoms with E-state index >= 15 is 0 Å². The minimum absolute atomic E-state index is 0.110. The largest absolute Gasteiger partial charge is 0.457 e. The van der Waals surface area contributed by atoms with Crippen LogP contribution < -0.4 is 4.74 Å². The summed E-state index contributed by atoms with van der Waals surface area (Å²) in [5.74, 6) is 1.47. The molecular formula is C20H18ClNO2. The summed E-state index contributed by atoms with van der Waals surface area (Å²) in [6.45, 7) is 6.53. The van der Waals surface area contributed by atoms with Gasteiger partial charge < -0.3 is 4.74 Å². The van der Waals surface area contributed by atoms with E-state index < -0.39 is 5.24 Å². The molecule has 4 heteroatoms. The highest BCUT2D eigenvalue weighted by Crippen LogP contribution is 2.28. The third-order valence-electron chi connectivity index (χ3n) is 3.85. The van der Waals surface area contributed by atoms with Crippen molar-refractivity contribution in [2.24, 2.45) is 0 Å². The average Bonchev–Trinajstić information content (AvgIpc) is 2.54. The maximum Gasteiger partial charge on any atom is 0.270 e. The average molecular weight is 340 g/mol. The summed E-state index contributed by atoms with van der Waals surface area (Å²) in [6.07, 6.45) is 1.63. The molecule has 0 bridgehead atoms. The summed E-state index contributed by atoms with van der Waals surface area (Å²) in [5.41, 5.74) is 1.60. The van der Waals surface area contributed by atoms with Crippen LogP contribution in [0.2, 0.25) is 0 Å². The summed E-state index contributed by atoms with van der Waals surface area (Å²) >= 11 is 5.49. The number of rotatable bonds is 3. The number of nitrogens with zero attached hydrogens (tertiary/aromatic N) is 1. The molecule has 0 atom stereocenters. The zero-order chi connectivity index (χ0) is 17.3. The molecule has 3 nitrogen and oxygen atoms in total. The topological polar surface area (TPSA) is 39.2 Å². The van der Waals surface area contributed by atoms with Crippen LogP contribution in [-0.4, -0.2) is 10.2 Å². The number of hydrogen-bond donors (Lipinski definition) is 0. The van der Waals surface area contributed by atoms with E-state index in [0.717, 1.165) is 16.5 Å². The molecule has 0 radical (unpaired) electrons. The standard InChI is InChI=1S/C20H18ClNO2/c1-20(2,3)15-5-8-16(9-6-15)24-17-7-4-13-12-22-18(19(21)23)11-14(13)10-17/h4-12H,1-3H3. The normalized spacial score (nSPS) is 11.5. The predicted octanol–water partition coefficient (Wildman–Crippen LogP) is 5.70. The van der Waals surface area contributed by atoms with Gasteiger partial charge in [0.2, 0.25) is 0 Å². The van der Waals surface area contributed by atoms with Gasteiger partial charge in [0.15, 0.2) is 0 Å². The number of benzene rings is 2. The SMILES string of the molecule is CC(C)(C)c1ccc(Oc2ccc3cnc(C(=O)Cl)cc3c2)cc1. The quantitative estimate of drug-likeness (QED) is 0.574. The van der Waals surface area contributed by atoms with Crippen molar-refractivity contribution in [2.75, 3.05) is 0 Å². The van der Waals surface area contributed by atoms with E-state index in [1.54, 1.807) is 12.3 Å². The molecule has 0 fully saturated rings. The monoisotopic (exact) mass is 339 g/mol. The van der Waals surface area contributed by atoms with E-state index in [4.69, 9.17) is 16.3 Å². The molecule has 122 valence electrons. The number of carbonyl (C=O) groups is 1. The molecule has 0 unspecified atom stereocenters. The van der Waals surface area contributed by atoms with Crippen molar-refractivity contribution >= 4 is 27.6 Å². The number of fused-ring (bicyclic) bond motifs is 1. The first-order valence-electron chi connectivity index (χ1n) is 7.71. The van der Waals surface area contributed by atoms with Gasteiger partial charge in [-0.3, -0.25) is 9.78 Å². The number of ether oxygens (including phenoxy) is 1. The molecule has 24 heavy (non-hydrogen) atoms. The minimum atomic E-state index is -0.569. The molecule has 0 saturated heterocycles. The Balaban J connectivity index is 1.88. The van der Waals surface area contributed by atoms with Crippen LogP contribution in [0.15, 0.2) is 54.7 Å².